The Hall–Kier alpha value is -2.97. The number of hydrogen-bond acceptors (Lipinski definition) is 6. The number of aliphatic hydroxyl groups is 1. The Balaban J connectivity index is 1.78. The van der Waals surface area contributed by atoms with Crippen molar-refractivity contribution in [1.82, 2.24) is 24.7 Å². The lowest BCUT2D eigenvalue weighted by Crippen LogP contribution is -2.06. The molecule has 0 aliphatic carbocycles. The second-order valence-electron chi connectivity index (χ2n) is 5.57. The Morgan fingerprint density at radius 2 is 2.00 bits per heavy atom. The summed E-state index contributed by atoms with van der Waals surface area (Å²) in [5.41, 5.74) is 3.54. The van der Waals surface area contributed by atoms with Gasteiger partial charge >= 0.3 is 0 Å². The maximum atomic E-state index is 14.1. The van der Waals surface area contributed by atoms with Gasteiger partial charge in [0, 0.05) is 23.5 Å². The number of thiazole rings is 1. The topological polar surface area (TPSA) is 76.7 Å². The molecule has 0 amide bonds. The molecule has 0 saturated heterocycles. The van der Waals surface area contributed by atoms with E-state index in [4.69, 9.17) is 5.11 Å². The lowest BCUT2D eigenvalue weighted by atomic mass is 10.2. The zero-order valence-electron chi connectivity index (χ0n) is 13.6. The van der Waals surface area contributed by atoms with Gasteiger partial charge in [-0.1, -0.05) is 18.2 Å². The van der Waals surface area contributed by atoms with Gasteiger partial charge in [0.1, 0.15) is 5.82 Å². The van der Waals surface area contributed by atoms with E-state index >= 15 is 0 Å². The molecule has 3 heterocycles. The van der Waals surface area contributed by atoms with Crippen LogP contribution in [0.2, 0.25) is 0 Å². The molecular weight excluding hydrogens is 353 g/mol. The third kappa shape index (κ3) is 3.24. The molecule has 3 aromatic heterocycles. The predicted octanol–water partition coefficient (Wildman–Crippen LogP) is 3.14. The molecule has 4 rings (SSSR count). The van der Waals surface area contributed by atoms with Gasteiger partial charge in [-0.2, -0.15) is 0 Å². The highest BCUT2D eigenvalue weighted by atomic mass is 32.1. The fourth-order valence-corrected chi connectivity index (χ4v) is 3.08. The highest BCUT2D eigenvalue weighted by molar-refractivity contribution is 7.13. The minimum Gasteiger partial charge on any atom is -0.390 e. The summed E-state index contributed by atoms with van der Waals surface area (Å²) in [5.74, 6) is 0.820. The molecule has 0 unspecified atom stereocenters. The third-order valence-electron chi connectivity index (χ3n) is 3.85. The zero-order chi connectivity index (χ0) is 17.9. The van der Waals surface area contributed by atoms with Gasteiger partial charge in [-0.25, -0.2) is 14.1 Å². The van der Waals surface area contributed by atoms with Gasteiger partial charge in [0.25, 0.3) is 0 Å². The van der Waals surface area contributed by atoms with Gasteiger partial charge in [0.05, 0.1) is 29.2 Å². The first-order valence-corrected chi connectivity index (χ1v) is 8.76. The first-order chi connectivity index (χ1) is 12.7. The molecule has 130 valence electrons. The average Bonchev–Trinajstić information content (AvgIpc) is 3.33. The Morgan fingerprint density at radius 3 is 2.69 bits per heavy atom. The minimum absolute atomic E-state index is 0.131. The summed E-state index contributed by atoms with van der Waals surface area (Å²) < 4.78 is 15.7. The number of aliphatic hydroxyl groups excluding tert-OH is 1. The first kappa shape index (κ1) is 16.5. The van der Waals surface area contributed by atoms with E-state index in [9.17, 15) is 4.39 Å². The maximum Gasteiger partial charge on any atom is 0.193 e. The summed E-state index contributed by atoms with van der Waals surface area (Å²) in [6.07, 6.45) is 3.33. The van der Waals surface area contributed by atoms with Crippen LogP contribution < -0.4 is 0 Å². The van der Waals surface area contributed by atoms with E-state index in [1.807, 2.05) is 6.07 Å². The quantitative estimate of drug-likeness (QED) is 0.586. The van der Waals surface area contributed by atoms with E-state index in [1.54, 1.807) is 46.9 Å². The van der Waals surface area contributed by atoms with Crippen LogP contribution in [0.1, 0.15) is 11.3 Å². The van der Waals surface area contributed by atoms with E-state index in [-0.39, 0.29) is 19.0 Å². The van der Waals surface area contributed by atoms with Gasteiger partial charge in [-0.15, -0.1) is 16.4 Å². The van der Waals surface area contributed by atoms with Gasteiger partial charge in [-0.3, -0.25) is 9.97 Å². The molecule has 1 aromatic carbocycles. The monoisotopic (exact) mass is 367 g/mol. The Kier molecular flexibility index (Phi) is 4.51. The minimum atomic E-state index is -0.290. The SMILES string of the molecule is OCc1ccc(-c2nc(-c3cncs3)nn2Cc2ccccc2F)cn1. The van der Waals surface area contributed by atoms with E-state index in [0.717, 1.165) is 10.4 Å². The van der Waals surface area contributed by atoms with Crippen molar-refractivity contribution in [3.63, 3.8) is 0 Å². The van der Waals surface area contributed by atoms with E-state index in [2.05, 4.69) is 20.1 Å². The molecule has 6 nitrogen and oxygen atoms in total. The molecule has 0 bridgehead atoms. The Bertz CT molecular complexity index is 1010. The van der Waals surface area contributed by atoms with E-state index < -0.39 is 0 Å². The summed E-state index contributed by atoms with van der Waals surface area (Å²) in [7, 11) is 0. The molecule has 0 spiro atoms. The lowest BCUT2D eigenvalue weighted by Gasteiger charge is -2.07. The number of hydrogen-bond donors (Lipinski definition) is 1. The summed E-state index contributed by atoms with van der Waals surface area (Å²) >= 11 is 1.44. The van der Waals surface area contributed by atoms with Gasteiger partial charge in [0.2, 0.25) is 0 Å². The fourth-order valence-electron chi connectivity index (χ4n) is 2.53. The van der Waals surface area contributed by atoms with Crippen molar-refractivity contribution in [2.75, 3.05) is 0 Å². The van der Waals surface area contributed by atoms with Crippen LogP contribution in [-0.4, -0.2) is 29.8 Å². The standard InChI is InChI=1S/C18H14FN5OS/c19-15-4-2-1-3-13(15)9-24-18(12-5-6-14(10-25)21-7-12)22-17(23-24)16-8-20-11-26-16/h1-8,11,25H,9-10H2. The molecule has 0 atom stereocenters. The molecule has 4 aromatic rings. The molecule has 8 heteroatoms. The highest BCUT2D eigenvalue weighted by Crippen LogP contribution is 2.25. The maximum absolute atomic E-state index is 14.1. The second-order valence-corrected chi connectivity index (χ2v) is 6.46. The van der Waals surface area contributed by atoms with Crippen molar-refractivity contribution >= 4 is 11.3 Å². The Morgan fingerprint density at radius 1 is 1.12 bits per heavy atom. The van der Waals surface area contributed by atoms with Crippen LogP contribution in [0, 0.1) is 5.82 Å². The number of nitrogens with zero attached hydrogens (tertiary/aromatic N) is 5. The van der Waals surface area contributed by atoms with Gasteiger partial charge in [-0.05, 0) is 18.2 Å². The van der Waals surface area contributed by atoms with Crippen molar-refractivity contribution in [3.05, 3.63) is 71.4 Å². The van der Waals surface area contributed by atoms with Crippen LogP contribution in [0.15, 0.2) is 54.3 Å². The van der Waals surface area contributed by atoms with Gasteiger partial charge < -0.3 is 5.11 Å². The van der Waals surface area contributed by atoms with Crippen LogP contribution >= 0.6 is 11.3 Å². The summed E-state index contributed by atoms with van der Waals surface area (Å²) in [6.45, 7) is 0.115. The van der Waals surface area contributed by atoms with Crippen LogP contribution in [0.3, 0.4) is 0 Å². The zero-order valence-corrected chi connectivity index (χ0v) is 14.4. The third-order valence-corrected chi connectivity index (χ3v) is 4.62. The first-order valence-electron chi connectivity index (χ1n) is 7.88. The Labute approximate surface area is 152 Å². The normalized spacial score (nSPS) is 11.0. The molecule has 26 heavy (non-hydrogen) atoms. The van der Waals surface area contributed by atoms with E-state index in [1.165, 1.54) is 17.4 Å². The molecule has 0 aliphatic heterocycles. The van der Waals surface area contributed by atoms with Crippen molar-refractivity contribution in [2.24, 2.45) is 0 Å². The molecule has 1 N–H and O–H groups in total. The van der Waals surface area contributed by atoms with Crippen LogP contribution in [0.25, 0.3) is 22.1 Å². The molecule has 0 radical (unpaired) electrons. The molecule has 0 saturated carbocycles. The number of benzene rings is 1. The largest absolute Gasteiger partial charge is 0.390 e. The van der Waals surface area contributed by atoms with Crippen molar-refractivity contribution < 1.29 is 9.50 Å². The fraction of sp³-hybridized carbons (Fsp3) is 0.111. The van der Waals surface area contributed by atoms with Crippen molar-refractivity contribution in [3.8, 4) is 22.1 Å². The van der Waals surface area contributed by atoms with E-state index in [0.29, 0.717) is 22.9 Å². The van der Waals surface area contributed by atoms with Crippen molar-refractivity contribution in [2.45, 2.75) is 13.2 Å². The number of aromatic nitrogens is 5. The van der Waals surface area contributed by atoms with Crippen LogP contribution in [0.4, 0.5) is 4.39 Å². The molecular formula is C18H14FN5OS. The van der Waals surface area contributed by atoms with Gasteiger partial charge in [0.15, 0.2) is 11.6 Å². The number of pyridine rings is 1. The van der Waals surface area contributed by atoms with Crippen molar-refractivity contribution in [1.29, 1.82) is 0 Å². The molecule has 0 aliphatic rings. The summed E-state index contributed by atoms with van der Waals surface area (Å²) in [4.78, 5) is 13.7. The number of rotatable bonds is 5. The summed E-state index contributed by atoms with van der Waals surface area (Å²) in [5, 5.41) is 13.7. The highest BCUT2D eigenvalue weighted by Gasteiger charge is 2.16. The number of halogens is 1. The summed E-state index contributed by atoms with van der Waals surface area (Å²) in [6, 6.07) is 10.1. The smallest absolute Gasteiger partial charge is 0.193 e. The molecule has 0 fully saturated rings. The predicted molar refractivity (Wildman–Crippen MR) is 95.8 cm³/mol. The lowest BCUT2D eigenvalue weighted by molar-refractivity contribution is 0.277. The second kappa shape index (κ2) is 7.11. The van der Waals surface area contributed by atoms with Crippen LogP contribution in [0.5, 0.6) is 0 Å². The van der Waals surface area contributed by atoms with Crippen LogP contribution in [-0.2, 0) is 13.2 Å². The average molecular weight is 367 g/mol.